The first-order chi connectivity index (χ1) is 10.2. The van der Waals surface area contributed by atoms with Crippen LogP contribution in [0.4, 0.5) is 0 Å². The van der Waals surface area contributed by atoms with Gasteiger partial charge in [-0.15, -0.1) is 0 Å². The number of nitrogens with one attached hydrogen (secondary N) is 1. The number of rotatable bonds is 7. The molecule has 0 bridgehead atoms. The summed E-state index contributed by atoms with van der Waals surface area (Å²) >= 11 is 0. The molecule has 2 aromatic rings. The van der Waals surface area contributed by atoms with Gasteiger partial charge in [0, 0.05) is 6.04 Å². The summed E-state index contributed by atoms with van der Waals surface area (Å²) in [7, 11) is 0. The van der Waals surface area contributed by atoms with Crippen LogP contribution in [0, 0.1) is 0 Å². The molecule has 0 aromatic heterocycles. The van der Waals surface area contributed by atoms with E-state index in [9.17, 15) is 0 Å². The van der Waals surface area contributed by atoms with Crippen molar-refractivity contribution < 1.29 is 4.74 Å². The van der Waals surface area contributed by atoms with Crippen LogP contribution >= 0.6 is 0 Å². The highest BCUT2D eigenvalue weighted by atomic mass is 16.5. The Kier molecular flexibility index (Phi) is 5.82. The predicted octanol–water partition coefficient (Wildman–Crippen LogP) is 4.37. The molecule has 0 saturated carbocycles. The van der Waals surface area contributed by atoms with Crippen LogP contribution in [-0.2, 0) is 6.42 Å². The molecular formula is C19H25NO. The van der Waals surface area contributed by atoms with E-state index in [1.165, 1.54) is 11.1 Å². The van der Waals surface area contributed by atoms with Crippen molar-refractivity contribution in [1.82, 2.24) is 5.32 Å². The van der Waals surface area contributed by atoms with Crippen LogP contribution in [0.2, 0.25) is 0 Å². The Morgan fingerprint density at radius 3 is 2.24 bits per heavy atom. The molecule has 21 heavy (non-hydrogen) atoms. The average Bonchev–Trinajstić information content (AvgIpc) is 2.50. The number of hydrogen-bond donors (Lipinski definition) is 1. The average molecular weight is 283 g/mol. The predicted molar refractivity (Wildman–Crippen MR) is 88.8 cm³/mol. The molecule has 1 N–H and O–H groups in total. The van der Waals surface area contributed by atoms with Gasteiger partial charge in [0.1, 0.15) is 11.9 Å². The van der Waals surface area contributed by atoms with Crippen LogP contribution in [0.1, 0.15) is 38.0 Å². The topological polar surface area (TPSA) is 21.3 Å². The van der Waals surface area contributed by atoms with Crippen LogP contribution in [0.25, 0.3) is 0 Å². The Bertz CT molecular complexity index is 521. The summed E-state index contributed by atoms with van der Waals surface area (Å²) in [6.07, 6.45) is 1.11. The summed E-state index contributed by atoms with van der Waals surface area (Å²) in [6, 6.07) is 19.2. The minimum atomic E-state index is 0.0673. The number of likely N-dealkylation sites (N-methyl/N-ethyl adjacent to an activating group) is 1. The molecule has 0 amide bonds. The van der Waals surface area contributed by atoms with Crippen molar-refractivity contribution in [2.24, 2.45) is 0 Å². The fraction of sp³-hybridized carbons (Fsp3) is 0.368. The zero-order valence-electron chi connectivity index (χ0n) is 13.2. The first kappa shape index (κ1) is 15.6. The zero-order valence-corrected chi connectivity index (χ0v) is 13.2. The van der Waals surface area contributed by atoms with Crippen molar-refractivity contribution in [1.29, 1.82) is 0 Å². The standard InChI is InChI=1S/C19H25NO/c1-4-20-15(2)14-17-10-12-19(13-11-17)21-16(3)18-8-6-5-7-9-18/h5-13,15-16,20H,4,14H2,1-3H3. The molecule has 0 heterocycles. The Labute approximate surface area is 128 Å². The monoisotopic (exact) mass is 283 g/mol. The van der Waals surface area contributed by atoms with Gasteiger partial charge in [-0.1, -0.05) is 49.4 Å². The highest BCUT2D eigenvalue weighted by molar-refractivity contribution is 5.29. The van der Waals surface area contributed by atoms with Crippen LogP contribution in [0.3, 0.4) is 0 Å². The van der Waals surface area contributed by atoms with E-state index in [-0.39, 0.29) is 6.10 Å². The Morgan fingerprint density at radius 1 is 0.952 bits per heavy atom. The molecule has 0 saturated heterocycles. The van der Waals surface area contributed by atoms with Gasteiger partial charge in [-0.3, -0.25) is 0 Å². The van der Waals surface area contributed by atoms with Gasteiger partial charge in [0.25, 0.3) is 0 Å². The first-order valence-electron chi connectivity index (χ1n) is 7.73. The maximum absolute atomic E-state index is 5.99. The third-order valence-electron chi connectivity index (χ3n) is 3.60. The smallest absolute Gasteiger partial charge is 0.121 e. The fourth-order valence-electron chi connectivity index (χ4n) is 2.47. The number of benzene rings is 2. The van der Waals surface area contributed by atoms with Crippen LogP contribution in [-0.4, -0.2) is 12.6 Å². The number of hydrogen-bond acceptors (Lipinski definition) is 2. The molecule has 0 radical (unpaired) electrons. The van der Waals surface area contributed by atoms with Gasteiger partial charge in [0.05, 0.1) is 0 Å². The summed E-state index contributed by atoms with van der Waals surface area (Å²) < 4.78 is 5.99. The quantitative estimate of drug-likeness (QED) is 0.815. The normalized spacial score (nSPS) is 13.7. The van der Waals surface area contributed by atoms with Gasteiger partial charge in [-0.2, -0.15) is 0 Å². The maximum Gasteiger partial charge on any atom is 0.121 e. The summed E-state index contributed by atoms with van der Waals surface area (Å²) in [5.41, 5.74) is 2.53. The van der Waals surface area contributed by atoms with Gasteiger partial charge in [0.15, 0.2) is 0 Å². The number of ether oxygens (including phenoxy) is 1. The van der Waals surface area contributed by atoms with Gasteiger partial charge >= 0.3 is 0 Å². The molecular weight excluding hydrogens is 258 g/mol. The molecule has 2 unspecified atom stereocenters. The van der Waals surface area contributed by atoms with Crippen LogP contribution < -0.4 is 10.1 Å². The molecule has 0 fully saturated rings. The SMILES string of the molecule is CCNC(C)Cc1ccc(OC(C)c2ccccc2)cc1. The van der Waals surface area contributed by atoms with E-state index in [4.69, 9.17) is 4.74 Å². The lowest BCUT2D eigenvalue weighted by molar-refractivity contribution is 0.227. The van der Waals surface area contributed by atoms with E-state index in [1.807, 2.05) is 18.2 Å². The highest BCUT2D eigenvalue weighted by Crippen LogP contribution is 2.22. The van der Waals surface area contributed by atoms with Crippen molar-refractivity contribution in [3.8, 4) is 5.75 Å². The maximum atomic E-state index is 5.99. The summed E-state index contributed by atoms with van der Waals surface area (Å²) in [5.74, 6) is 0.922. The van der Waals surface area contributed by atoms with Crippen molar-refractivity contribution >= 4 is 0 Å². The molecule has 2 nitrogen and oxygen atoms in total. The fourth-order valence-corrected chi connectivity index (χ4v) is 2.47. The third kappa shape index (κ3) is 4.91. The Morgan fingerprint density at radius 2 is 1.62 bits per heavy atom. The van der Waals surface area contributed by atoms with E-state index in [1.54, 1.807) is 0 Å². The second kappa shape index (κ2) is 7.84. The zero-order chi connectivity index (χ0) is 15.1. The summed E-state index contributed by atoms with van der Waals surface area (Å²) in [6.45, 7) is 7.44. The van der Waals surface area contributed by atoms with E-state index in [0.717, 1.165) is 18.7 Å². The van der Waals surface area contributed by atoms with Crippen molar-refractivity contribution in [3.05, 3.63) is 65.7 Å². The van der Waals surface area contributed by atoms with E-state index in [2.05, 4.69) is 62.5 Å². The molecule has 2 aromatic carbocycles. The molecule has 2 rings (SSSR count). The molecule has 2 heteroatoms. The van der Waals surface area contributed by atoms with Gasteiger partial charge < -0.3 is 10.1 Å². The first-order valence-corrected chi connectivity index (χ1v) is 7.73. The van der Waals surface area contributed by atoms with Crippen molar-refractivity contribution in [3.63, 3.8) is 0 Å². The van der Waals surface area contributed by atoms with Gasteiger partial charge in [-0.25, -0.2) is 0 Å². The summed E-state index contributed by atoms with van der Waals surface area (Å²) in [5, 5.41) is 3.43. The lowest BCUT2D eigenvalue weighted by Crippen LogP contribution is -2.27. The van der Waals surface area contributed by atoms with Crippen molar-refractivity contribution in [2.75, 3.05) is 6.54 Å². The van der Waals surface area contributed by atoms with E-state index < -0.39 is 0 Å². The van der Waals surface area contributed by atoms with E-state index >= 15 is 0 Å². The minimum Gasteiger partial charge on any atom is -0.486 e. The molecule has 0 spiro atoms. The second-order valence-electron chi connectivity index (χ2n) is 5.48. The van der Waals surface area contributed by atoms with Crippen LogP contribution in [0.5, 0.6) is 5.75 Å². The van der Waals surface area contributed by atoms with Gasteiger partial charge in [-0.05, 0) is 50.1 Å². The molecule has 0 aliphatic heterocycles. The Hall–Kier alpha value is -1.80. The van der Waals surface area contributed by atoms with Crippen LogP contribution in [0.15, 0.2) is 54.6 Å². The molecule has 0 aliphatic rings. The van der Waals surface area contributed by atoms with E-state index in [0.29, 0.717) is 6.04 Å². The molecule has 0 aliphatic carbocycles. The summed E-state index contributed by atoms with van der Waals surface area (Å²) in [4.78, 5) is 0. The van der Waals surface area contributed by atoms with Gasteiger partial charge in [0.2, 0.25) is 0 Å². The molecule has 112 valence electrons. The largest absolute Gasteiger partial charge is 0.486 e. The van der Waals surface area contributed by atoms with Crippen molar-refractivity contribution in [2.45, 2.75) is 39.3 Å². The lowest BCUT2D eigenvalue weighted by atomic mass is 10.1. The third-order valence-corrected chi connectivity index (χ3v) is 3.60. The minimum absolute atomic E-state index is 0.0673. The lowest BCUT2D eigenvalue weighted by Gasteiger charge is -2.16. The second-order valence-corrected chi connectivity index (χ2v) is 5.48. The Balaban J connectivity index is 1.93. The highest BCUT2D eigenvalue weighted by Gasteiger charge is 2.07. The molecule has 2 atom stereocenters.